The Morgan fingerprint density at radius 2 is 1.81 bits per heavy atom. The Balaban J connectivity index is 0.000000211. The van der Waals surface area contributed by atoms with Crippen molar-refractivity contribution in [2.24, 2.45) is 16.9 Å². The smallest absolute Gasteiger partial charge is 0.337 e. The number of hydrogen-bond donors (Lipinski definition) is 4. The maximum atomic E-state index is 10.2. The molecule has 21 heavy (non-hydrogen) atoms. The Kier molecular flexibility index (Phi) is 6.33. The summed E-state index contributed by atoms with van der Waals surface area (Å²) in [6, 6.07) is 8.73. The lowest BCUT2D eigenvalue weighted by atomic mass is 9.73. The maximum absolute atomic E-state index is 10.2. The fourth-order valence-electron chi connectivity index (χ4n) is 2.44. The van der Waals surface area contributed by atoms with Crippen molar-refractivity contribution >= 4 is 5.97 Å². The molecule has 0 aliphatic heterocycles. The van der Waals surface area contributed by atoms with Crippen LogP contribution in [0.15, 0.2) is 30.3 Å². The van der Waals surface area contributed by atoms with E-state index in [-0.39, 0.29) is 12.1 Å². The third-order valence-corrected chi connectivity index (χ3v) is 3.84. The first-order chi connectivity index (χ1) is 9.73. The van der Waals surface area contributed by atoms with Crippen molar-refractivity contribution in [1.82, 2.24) is 0 Å². The number of nitrogens with two attached hydrogens (primary N) is 2. The predicted molar refractivity (Wildman–Crippen MR) is 82.6 cm³/mol. The number of hydrogen-bond acceptors (Lipinski definition) is 4. The number of aliphatic carboxylic acids is 1. The van der Waals surface area contributed by atoms with Gasteiger partial charge in [-0.2, -0.15) is 0 Å². The lowest BCUT2D eigenvalue weighted by Crippen LogP contribution is -2.48. The van der Waals surface area contributed by atoms with Crippen molar-refractivity contribution in [3.05, 3.63) is 35.9 Å². The van der Waals surface area contributed by atoms with E-state index in [2.05, 4.69) is 13.8 Å². The van der Waals surface area contributed by atoms with Crippen LogP contribution in [0.3, 0.4) is 0 Å². The topological polar surface area (TPSA) is 110 Å². The van der Waals surface area contributed by atoms with Crippen molar-refractivity contribution < 1.29 is 15.0 Å². The normalized spacial score (nSPS) is 25.4. The van der Waals surface area contributed by atoms with Crippen LogP contribution in [-0.2, 0) is 4.79 Å². The third kappa shape index (κ3) is 5.83. The summed E-state index contributed by atoms with van der Waals surface area (Å²) in [4.78, 5) is 10.2. The molecule has 2 rings (SSSR count). The zero-order valence-electron chi connectivity index (χ0n) is 12.7. The molecular formula is C16H26N2O3. The highest BCUT2D eigenvalue weighted by atomic mass is 16.4. The van der Waals surface area contributed by atoms with E-state index in [1.165, 1.54) is 6.42 Å². The molecule has 0 saturated heterocycles. The average molecular weight is 294 g/mol. The molecule has 1 aromatic carbocycles. The highest BCUT2D eigenvalue weighted by Crippen LogP contribution is 2.33. The summed E-state index contributed by atoms with van der Waals surface area (Å²) in [5.41, 5.74) is 12.4. The molecule has 2 unspecified atom stereocenters. The van der Waals surface area contributed by atoms with Gasteiger partial charge in [-0.15, -0.1) is 0 Å². The van der Waals surface area contributed by atoms with Crippen LogP contribution in [-0.4, -0.2) is 28.3 Å². The minimum Gasteiger partial charge on any atom is -0.479 e. The summed E-state index contributed by atoms with van der Waals surface area (Å²) in [5, 5.41) is 17.4. The molecule has 5 nitrogen and oxygen atoms in total. The van der Waals surface area contributed by atoms with E-state index < -0.39 is 12.1 Å². The SMILES string of the molecule is CC1(C)CCC(N)C(N)C1.O=C(O)[C@@H](O)c1ccccc1. The van der Waals surface area contributed by atoms with Crippen LogP contribution in [0.25, 0.3) is 0 Å². The number of carboxylic acids is 1. The van der Waals surface area contributed by atoms with Gasteiger partial charge in [-0.1, -0.05) is 44.2 Å². The summed E-state index contributed by atoms with van der Waals surface area (Å²) in [6.07, 6.45) is 1.99. The van der Waals surface area contributed by atoms with Gasteiger partial charge in [0, 0.05) is 12.1 Å². The molecule has 0 bridgehead atoms. The van der Waals surface area contributed by atoms with Gasteiger partial charge in [0.1, 0.15) is 0 Å². The second kappa shape index (κ2) is 7.54. The van der Waals surface area contributed by atoms with Gasteiger partial charge >= 0.3 is 5.97 Å². The Hall–Kier alpha value is -1.43. The molecule has 0 amide bonds. The molecule has 1 aliphatic rings. The first-order valence-electron chi connectivity index (χ1n) is 7.20. The number of benzene rings is 1. The molecule has 0 heterocycles. The van der Waals surface area contributed by atoms with Crippen molar-refractivity contribution in [1.29, 1.82) is 0 Å². The van der Waals surface area contributed by atoms with Crippen LogP contribution >= 0.6 is 0 Å². The molecule has 0 radical (unpaired) electrons. The Morgan fingerprint density at radius 3 is 2.24 bits per heavy atom. The van der Waals surface area contributed by atoms with Crippen LogP contribution in [0, 0.1) is 5.41 Å². The monoisotopic (exact) mass is 294 g/mol. The lowest BCUT2D eigenvalue weighted by molar-refractivity contribution is -0.146. The summed E-state index contributed by atoms with van der Waals surface area (Å²) < 4.78 is 0. The second-order valence-corrected chi connectivity index (χ2v) is 6.39. The number of carbonyl (C=O) groups is 1. The van der Waals surface area contributed by atoms with E-state index >= 15 is 0 Å². The van der Waals surface area contributed by atoms with E-state index in [0.717, 1.165) is 12.8 Å². The summed E-state index contributed by atoms with van der Waals surface area (Å²) >= 11 is 0. The first-order valence-corrected chi connectivity index (χ1v) is 7.20. The number of carboxylic acid groups (broad SMARTS) is 1. The minimum atomic E-state index is -1.41. The van der Waals surface area contributed by atoms with E-state index in [1.54, 1.807) is 30.3 Å². The summed E-state index contributed by atoms with van der Waals surface area (Å²) in [6.45, 7) is 4.53. The number of aliphatic hydroxyl groups excluding tert-OH is 1. The van der Waals surface area contributed by atoms with Crippen molar-refractivity contribution in [2.45, 2.75) is 51.3 Å². The van der Waals surface area contributed by atoms with Crippen LogP contribution in [0.5, 0.6) is 0 Å². The maximum Gasteiger partial charge on any atom is 0.337 e. The zero-order valence-corrected chi connectivity index (χ0v) is 12.7. The molecule has 0 aromatic heterocycles. The van der Waals surface area contributed by atoms with Crippen molar-refractivity contribution in [3.63, 3.8) is 0 Å². The molecule has 1 saturated carbocycles. The Labute approximate surface area is 126 Å². The standard InChI is InChI=1S/C8H18N2.C8H8O3/c1-8(2)4-3-6(9)7(10)5-8;9-7(8(10)11)6-4-2-1-3-5-6/h6-7H,3-5,9-10H2,1-2H3;1-5,7,9H,(H,10,11)/t;7-/m.0/s1. The van der Waals surface area contributed by atoms with Gasteiger partial charge < -0.3 is 21.7 Å². The van der Waals surface area contributed by atoms with E-state index in [4.69, 9.17) is 21.7 Å². The largest absolute Gasteiger partial charge is 0.479 e. The second-order valence-electron chi connectivity index (χ2n) is 6.39. The molecule has 0 spiro atoms. The van der Waals surface area contributed by atoms with Gasteiger partial charge in [0.25, 0.3) is 0 Å². The highest BCUT2D eigenvalue weighted by molar-refractivity contribution is 5.73. The zero-order chi connectivity index (χ0) is 16.0. The summed E-state index contributed by atoms with van der Waals surface area (Å²) in [7, 11) is 0. The molecular weight excluding hydrogens is 268 g/mol. The molecule has 5 heteroatoms. The Bertz CT molecular complexity index is 448. The molecule has 1 fully saturated rings. The van der Waals surface area contributed by atoms with Crippen LogP contribution in [0.2, 0.25) is 0 Å². The van der Waals surface area contributed by atoms with Gasteiger partial charge in [-0.25, -0.2) is 4.79 Å². The predicted octanol–water partition coefficient (Wildman–Crippen LogP) is 1.66. The van der Waals surface area contributed by atoms with Crippen molar-refractivity contribution in [3.8, 4) is 0 Å². The quantitative estimate of drug-likeness (QED) is 0.663. The van der Waals surface area contributed by atoms with Gasteiger partial charge in [0.2, 0.25) is 0 Å². The fraction of sp³-hybridized carbons (Fsp3) is 0.562. The van der Waals surface area contributed by atoms with E-state index in [0.29, 0.717) is 11.0 Å². The number of aliphatic hydroxyl groups is 1. The van der Waals surface area contributed by atoms with Crippen LogP contribution < -0.4 is 11.5 Å². The van der Waals surface area contributed by atoms with Gasteiger partial charge in [0.05, 0.1) is 0 Å². The molecule has 1 aromatic rings. The van der Waals surface area contributed by atoms with E-state index in [1.807, 2.05) is 0 Å². The molecule has 3 atom stereocenters. The van der Waals surface area contributed by atoms with E-state index in [9.17, 15) is 4.79 Å². The van der Waals surface area contributed by atoms with Gasteiger partial charge in [-0.05, 0) is 30.2 Å². The first kappa shape index (κ1) is 17.6. The molecule has 1 aliphatic carbocycles. The fourth-order valence-corrected chi connectivity index (χ4v) is 2.44. The molecule has 6 N–H and O–H groups in total. The van der Waals surface area contributed by atoms with Gasteiger partial charge in [0.15, 0.2) is 6.10 Å². The average Bonchev–Trinajstić information content (AvgIpc) is 2.44. The Morgan fingerprint density at radius 1 is 1.24 bits per heavy atom. The van der Waals surface area contributed by atoms with Crippen LogP contribution in [0.1, 0.15) is 44.8 Å². The molecule has 118 valence electrons. The summed E-state index contributed by atoms with van der Waals surface area (Å²) in [5.74, 6) is -1.23. The lowest BCUT2D eigenvalue weighted by Gasteiger charge is -2.37. The van der Waals surface area contributed by atoms with Gasteiger partial charge in [-0.3, -0.25) is 0 Å². The van der Waals surface area contributed by atoms with Crippen molar-refractivity contribution in [2.75, 3.05) is 0 Å². The number of rotatable bonds is 2. The van der Waals surface area contributed by atoms with Crippen LogP contribution in [0.4, 0.5) is 0 Å². The minimum absolute atomic E-state index is 0.226. The third-order valence-electron chi connectivity index (χ3n) is 3.84. The highest BCUT2D eigenvalue weighted by Gasteiger charge is 2.30.